The zero-order valence-corrected chi connectivity index (χ0v) is 8.74. The third kappa shape index (κ3) is 2.54. The van der Waals surface area contributed by atoms with E-state index in [1.54, 1.807) is 31.2 Å². The number of hydrogen-bond acceptors (Lipinski definition) is 3. The van der Waals surface area contributed by atoms with Crippen molar-refractivity contribution in [3.8, 4) is 0 Å². The quantitative estimate of drug-likeness (QED) is 0.761. The van der Waals surface area contributed by atoms with Crippen LogP contribution >= 0.6 is 0 Å². The normalized spacial score (nSPS) is 16.2. The van der Waals surface area contributed by atoms with Crippen molar-refractivity contribution in [2.24, 2.45) is 10.9 Å². The summed E-state index contributed by atoms with van der Waals surface area (Å²) in [6.07, 6.45) is 0. The molecule has 0 aliphatic heterocycles. The molecule has 0 aliphatic rings. The predicted molar refractivity (Wildman–Crippen MR) is 55.9 cm³/mol. The van der Waals surface area contributed by atoms with Crippen LogP contribution in [0.4, 0.5) is 0 Å². The lowest BCUT2D eigenvalue weighted by atomic mass is 10.1. The van der Waals surface area contributed by atoms with Crippen LogP contribution in [-0.2, 0) is 10.0 Å². The molecule has 0 radical (unpaired) electrons. The molecular formula is C9H14N2O2S. The van der Waals surface area contributed by atoms with Gasteiger partial charge in [0, 0.05) is 6.04 Å². The molecule has 4 nitrogen and oxygen atoms in total. The second-order valence-corrected chi connectivity index (χ2v) is 4.97. The predicted octanol–water partition coefficient (Wildman–Crippen LogP) is 0.363. The van der Waals surface area contributed by atoms with Gasteiger partial charge in [-0.2, -0.15) is 0 Å². The average molecular weight is 214 g/mol. The molecule has 1 rings (SSSR count). The van der Waals surface area contributed by atoms with E-state index in [9.17, 15) is 8.42 Å². The molecule has 14 heavy (non-hydrogen) atoms. The smallest absolute Gasteiger partial charge is 0.217 e. The molecule has 0 bridgehead atoms. The third-order valence-electron chi connectivity index (χ3n) is 1.96. The number of nitrogens with two attached hydrogens (primary N) is 2. The van der Waals surface area contributed by atoms with Gasteiger partial charge in [0.05, 0.1) is 0 Å². The van der Waals surface area contributed by atoms with Crippen molar-refractivity contribution in [2.75, 3.05) is 0 Å². The molecule has 2 atom stereocenters. The SMILES string of the molecule is CC(N)C(c1ccccc1)S(N)(=O)=O. The summed E-state index contributed by atoms with van der Waals surface area (Å²) in [7, 11) is -3.64. The van der Waals surface area contributed by atoms with Gasteiger partial charge in [0.15, 0.2) is 0 Å². The molecule has 2 unspecified atom stereocenters. The highest BCUT2D eigenvalue weighted by molar-refractivity contribution is 7.89. The van der Waals surface area contributed by atoms with Crippen LogP contribution in [0.25, 0.3) is 0 Å². The van der Waals surface area contributed by atoms with Gasteiger partial charge in [0.25, 0.3) is 0 Å². The van der Waals surface area contributed by atoms with Gasteiger partial charge in [-0.3, -0.25) is 0 Å². The highest BCUT2D eigenvalue weighted by atomic mass is 32.2. The summed E-state index contributed by atoms with van der Waals surface area (Å²) in [5, 5.41) is 4.27. The van der Waals surface area contributed by atoms with E-state index in [2.05, 4.69) is 0 Å². The monoisotopic (exact) mass is 214 g/mol. The molecule has 0 saturated carbocycles. The van der Waals surface area contributed by atoms with Crippen LogP contribution in [0.15, 0.2) is 30.3 Å². The van der Waals surface area contributed by atoms with Crippen LogP contribution in [-0.4, -0.2) is 14.5 Å². The number of hydrogen-bond donors (Lipinski definition) is 2. The first-order valence-corrected chi connectivity index (χ1v) is 5.86. The van der Waals surface area contributed by atoms with E-state index in [0.29, 0.717) is 5.56 Å². The Morgan fingerprint density at radius 3 is 2.07 bits per heavy atom. The Bertz CT molecular complexity index is 387. The summed E-state index contributed by atoms with van der Waals surface area (Å²) < 4.78 is 22.5. The maximum Gasteiger partial charge on any atom is 0.217 e. The highest BCUT2D eigenvalue weighted by Gasteiger charge is 2.26. The van der Waals surface area contributed by atoms with Gasteiger partial charge in [-0.15, -0.1) is 0 Å². The highest BCUT2D eigenvalue weighted by Crippen LogP contribution is 2.22. The standard InChI is InChI=1S/C9H14N2O2S/c1-7(10)9(14(11,12)13)8-5-3-2-4-6-8/h2-7,9H,10H2,1H3,(H2,11,12,13). The molecule has 5 heteroatoms. The molecule has 1 aromatic rings. The first-order valence-electron chi connectivity index (χ1n) is 4.25. The van der Waals surface area contributed by atoms with Gasteiger partial charge < -0.3 is 5.73 Å². The Morgan fingerprint density at radius 2 is 1.71 bits per heavy atom. The van der Waals surface area contributed by atoms with Crippen LogP contribution in [0.3, 0.4) is 0 Å². The van der Waals surface area contributed by atoms with Gasteiger partial charge in [0.2, 0.25) is 10.0 Å². The molecular weight excluding hydrogens is 200 g/mol. The molecule has 78 valence electrons. The minimum atomic E-state index is -3.64. The zero-order valence-electron chi connectivity index (χ0n) is 7.92. The van der Waals surface area contributed by atoms with Crippen molar-refractivity contribution in [1.29, 1.82) is 0 Å². The van der Waals surface area contributed by atoms with Crippen LogP contribution in [0.5, 0.6) is 0 Å². The van der Waals surface area contributed by atoms with Crippen molar-refractivity contribution in [2.45, 2.75) is 18.2 Å². The Balaban J connectivity index is 3.15. The molecule has 0 fully saturated rings. The lowest BCUT2D eigenvalue weighted by Gasteiger charge is -2.18. The number of sulfonamides is 1. The maximum atomic E-state index is 11.3. The van der Waals surface area contributed by atoms with Crippen molar-refractivity contribution in [1.82, 2.24) is 0 Å². The van der Waals surface area contributed by atoms with Crippen LogP contribution in [0.2, 0.25) is 0 Å². The largest absolute Gasteiger partial charge is 0.326 e. The maximum absolute atomic E-state index is 11.3. The minimum absolute atomic E-state index is 0.521. The average Bonchev–Trinajstić information content (AvgIpc) is 2.02. The van der Waals surface area contributed by atoms with Crippen LogP contribution in [0.1, 0.15) is 17.7 Å². The summed E-state index contributed by atoms with van der Waals surface area (Å²) in [6.45, 7) is 1.63. The Labute approximate surface area is 84.0 Å². The van der Waals surface area contributed by atoms with E-state index >= 15 is 0 Å². The van der Waals surface area contributed by atoms with Crippen molar-refractivity contribution < 1.29 is 8.42 Å². The van der Waals surface area contributed by atoms with Gasteiger partial charge in [-0.25, -0.2) is 13.6 Å². The van der Waals surface area contributed by atoms with E-state index in [0.717, 1.165) is 0 Å². The van der Waals surface area contributed by atoms with E-state index < -0.39 is 21.3 Å². The van der Waals surface area contributed by atoms with Gasteiger partial charge in [-0.05, 0) is 12.5 Å². The molecule has 0 aliphatic carbocycles. The van der Waals surface area contributed by atoms with E-state index in [1.807, 2.05) is 6.07 Å². The van der Waals surface area contributed by atoms with E-state index in [1.165, 1.54) is 0 Å². The summed E-state index contributed by atoms with van der Waals surface area (Å²) >= 11 is 0. The second-order valence-electron chi connectivity index (χ2n) is 3.28. The molecule has 0 spiro atoms. The first kappa shape index (κ1) is 11.2. The first-order chi connectivity index (χ1) is 6.43. The molecule has 0 aromatic heterocycles. The van der Waals surface area contributed by atoms with Gasteiger partial charge in [-0.1, -0.05) is 30.3 Å². The van der Waals surface area contributed by atoms with Gasteiger partial charge >= 0.3 is 0 Å². The summed E-state index contributed by atoms with van der Waals surface area (Å²) in [5.74, 6) is 0. The van der Waals surface area contributed by atoms with Crippen molar-refractivity contribution >= 4 is 10.0 Å². The fraction of sp³-hybridized carbons (Fsp3) is 0.333. The fourth-order valence-electron chi connectivity index (χ4n) is 1.44. The van der Waals surface area contributed by atoms with Crippen molar-refractivity contribution in [3.05, 3.63) is 35.9 Å². The Morgan fingerprint density at radius 1 is 1.21 bits per heavy atom. The summed E-state index contributed by atoms with van der Waals surface area (Å²) in [6, 6.07) is 8.22. The molecule has 0 amide bonds. The lowest BCUT2D eigenvalue weighted by molar-refractivity contribution is 0.566. The molecule has 1 aromatic carbocycles. The van der Waals surface area contributed by atoms with Crippen LogP contribution < -0.4 is 10.9 Å². The number of benzene rings is 1. The summed E-state index contributed by atoms with van der Waals surface area (Å²) in [5.41, 5.74) is 6.23. The Hall–Kier alpha value is -0.910. The zero-order chi connectivity index (χ0) is 10.8. The van der Waals surface area contributed by atoms with Gasteiger partial charge in [0.1, 0.15) is 5.25 Å². The second kappa shape index (κ2) is 4.08. The number of primary sulfonamides is 1. The topological polar surface area (TPSA) is 86.2 Å². The Kier molecular flexibility index (Phi) is 3.25. The minimum Gasteiger partial charge on any atom is -0.326 e. The molecule has 0 saturated heterocycles. The van der Waals surface area contributed by atoms with E-state index in [-0.39, 0.29) is 0 Å². The third-order valence-corrected chi connectivity index (χ3v) is 3.37. The lowest BCUT2D eigenvalue weighted by Crippen LogP contribution is -2.34. The molecule has 4 N–H and O–H groups in total. The van der Waals surface area contributed by atoms with Crippen molar-refractivity contribution in [3.63, 3.8) is 0 Å². The number of rotatable bonds is 3. The van der Waals surface area contributed by atoms with E-state index in [4.69, 9.17) is 10.9 Å². The van der Waals surface area contributed by atoms with Crippen LogP contribution in [0, 0.1) is 0 Å². The molecule has 0 heterocycles. The fourth-order valence-corrected chi connectivity index (χ4v) is 2.57. The summed E-state index contributed by atoms with van der Waals surface area (Å²) in [4.78, 5) is 0.